The molecule has 0 aliphatic heterocycles. The molecule has 0 aromatic heterocycles. The highest BCUT2D eigenvalue weighted by Gasteiger charge is 2.29. The lowest BCUT2D eigenvalue weighted by Gasteiger charge is -2.32. The maximum absolute atomic E-state index is 11.9. The van der Waals surface area contributed by atoms with Crippen molar-refractivity contribution in [2.75, 3.05) is 6.54 Å². The molecule has 0 bridgehead atoms. The predicted molar refractivity (Wildman–Crippen MR) is 83.4 cm³/mol. The van der Waals surface area contributed by atoms with E-state index in [0.717, 1.165) is 25.7 Å². The molecule has 2 amide bonds. The molecule has 1 aliphatic carbocycles. The normalized spacial score (nSPS) is 23.5. The standard InChI is InChI=1S/C15H30N4O2/c1-14(2,16)12(20)18-9-10-6-5-7-11(8-10)19-13(21)15(3,4)17/h10-11H,5-9,16-17H2,1-4H3,(H,18,20)(H,19,21). The fourth-order valence-electron chi connectivity index (χ4n) is 2.44. The zero-order valence-corrected chi connectivity index (χ0v) is 13.7. The summed E-state index contributed by atoms with van der Waals surface area (Å²) in [5, 5.41) is 5.90. The number of nitrogens with two attached hydrogens (primary N) is 2. The Labute approximate surface area is 127 Å². The zero-order chi connectivity index (χ0) is 16.3. The van der Waals surface area contributed by atoms with Gasteiger partial charge < -0.3 is 22.1 Å². The van der Waals surface area contributed by atoms with Crippen LogP contribution in [0.15, 0.2) is 0 Å². The molecule has 122 valence electrons. The number of hydrogen-bond donors (Lipinski definition) is 4. The Morgan fingerprint density at radius 3 is 2.14 bits per heavy atom. The van der Waals surface area contributed by atoms with Crippen LogP contribution in [0.2, 0.25) is 0 Å². The summed E-state index contributed by atoms with van der Waals surface area (Å²) in [5.41, 5.74) is 9.84. The Balaban J connectivity index is 2.43. The number of carbonyl (C=O) groups is 2. The molecule has 1 rings (SSSR count). The second kappa shape index (κ2) is 6.75. The van der Waals surface area contributed by atoms with Crippen LogP contribution in [0.25, 0.3) is 0 Å². The molecule has 6 heteroatoms. The number of amides is 2. The molecule has 0 radical (unpaired) electrons. The van der Waals surface area contributed by atoms with Crippen molar-refractivity contribution in [1.82, 2.24) is 10.6 Å². The molecule has 1 fully saturated rings. The van der Waals surface area contributed by atoms with E-state index in [1.165, 1.54) is 0 Å². The van der Waals surface area contributed by atoms with Gasteiger partial charge in [0.25, 0.3) is 0 Å². The van der Waals surface area contributed by atoms with Crippen molar-refractivity contribution in [3.05, 3.63) is 0 Å². The van der Waals surface area contributed by atoms with Crippen LogP contribution in [0, 0.1) is 5.92 Å². The molecule has 1 saturated carbocycles. The van der Waals surface area contributed by atoms with Crippen molar-refractivity contribution in [3.8, 4) is 0 Å². The van der Waals surface area contributed by atoms with Crippen LogP contribution in [0.4, 0.5) is 0 Å². The Hall–Kier alpha value is -1.14. The summed E-state index contributed by atoms with van der Waals surface area (Å²) in [7, 11) is 0. The first-order valence-electron chi connectivity index (χ1n) is 7.67. The highest BCUT2D eigenvalue weighted by Crippen LogP contribution is 2.24. The lowest BCUT2D eigenvalue weighted by atomic mass is 9.85. The second-order valence-electron chi connectivity index (χ2n) is 7.36. The third kappa shape index (κ3) is 6.01. The molecular formula is C15H30N4O2. The molecule has 0 aromatic carbocycles. The van der Waals surface area contributed by atoms with Gasteiger partial charge in [0.05, 0.1) is 11.1 Å². The Morgan fingerprint density at radius 2 is 1.62 bits per heavy atom. The fourth-order valence-corrected chi connectivity index (χ4v) is 2.44. The van der Waals surface area contributed by atoms with E-state index >= 15 is 0 Å². The van der Waals surface area contributed by atoms with Gasteiger partial charge in [-0.3, -0.25) is 9.59 Å². The Kier molecular flexibility index (Phi) is 5.75. The third-order valence-electron chi connectivity index (χ3n) is 3.84. The van der Waals surface area contributed by atoms with Crippen molar-refractivity contribution in [3.63, 3.8) is 0 Å². The van der Waals surface area contributed by atoms with Crippen molar-refractivity contribution in [2.45, 2.75) is 70.5 Å². The molecule has 0 aromatic rings. The summed E-state index contributed by atoms with van der Waals surface area (Å²) < 4.78 is 0. The fraction of sp³-hybridized carbons (Fsp3) is 0.867. The monoisotopic (exact) mass is 298 g/mol. The molecule has 2 unspecified atom stereocenters. The van der Waals surface area contributed by atoms with E-state index in [4.69, 9.17) is 11.5 Å². The first-order chi connectivity index (χ1) is 9.50. The Morgan fingerprint density at radius 1 is 1.05 bits per heavy atom. The van der Waals surface area contributed by atoms with E-state index < -0.39 is 11.1 Å². The molecule has 6 nitrogen and oxygen atoms in total. The van der Waals surface area contributed by atoms with Gasteiger partial charge in [0.2, 0.25) is 11.8 Å². The molecule has 2 atom stereocenters. The molecule has 6 N–H and O–H groups in total. The lowest BCUT2D eigenvalue weighted by Crippen LogP contribution is -2.53. The van der Waals surface area contributed by atoms with Crippen molar-refractivity contribution < 1.29 is 9.59 Å². The van der Waals surface area contributed by atoms with Gasteiger partial charge in [0, 0.05) is 12.6 Å². The van der Waals surface area contributed by atoms with Crippen LogP contribution in [-0.2, 0) is 9.59 Å². The van der Waals surface area contributed by atoms with Crippen molar-refractivity contribution in [2.24, 2.45) is 17.4 Å². The van der Waals surface area contributed by atoms with E-state index in [1.807, 2.05) is 0 Å². The van der Waals surface area contributed by atoms with Gasteiger partial charge in [-0.25, -0.2) is 0 Å². The summed E-state index contributed by atoms with van der Waals surface area (Å²) >= 11 is 0. The highest BCUT2D eigenvalue weighted by molar-refractivity contribution is 5.85. The van der Waals surface area contributed by atoms with Gasteiger partial charge in [0.1, 0.15) is 0 Å². The zero-order valence-electron chi connectivity index (χ0n) is 13.7. The van der Waals surface area contributed by atoms with E-state index in [2.05, 4.69) is 10.6 Å². The van der Waals surface area contributed by atoms with Crippen LogP contribution in [0.5, 0.6) is 0 Å². The van der Waals surface area contributed by atoms with Gasteiger partial charge in [-0.05, 0) is 52.9 Å². The molecule has 0 spiro atoms. The van der Waals surface area contributed by atoms with Crippen molar-refractivity contribution in [1.29, 1.82) is 0 Å². The van der Waals surface area contributed by atoms with E-state index in [9.17, 15) is 9.59 Å². The summed E-state index contributed by atoms with van der Waals surface area (Å²) in [4.78, 5) is 23.7. The maximum atomic E-state index is 11.9. The minimum absolute atomic E-state index is 0.125. The third-order valence-corrected chi connectivity index (χ3v) is 3.84. The summed E-state index contributed by atoms with van der Waals surface area (Å²) in [6.07, 6.45) is 3.94. The lowest BCUT2D eigenvalue weighted by molar-refractivity contribution is -0.127. The molecule has 1 aliphatic rings. The summed E-state index contributed by atoms with van der Waals surface area (Å²) in [6, 6.07) is 0.141. The number of carbonyl (C=O) groups excluding carboxylic acids is 2. The van der Waals surface area contributed by atoms with Crippen LogP contribution in [-0.4, -0.2) is 35.5 Å². The predicted octanol–water partition coefficient (Wildman–Crippen LogP) is 0.252. The van der Waals surface area contributed by atoms with Crippen LogP contribution in [0.1, 0.15) is 53.4 Å². The molecule has 0 saturated heterocycles. The Bertz CT molecular complexity index is 382. The van der Waals surface area contributed by atoms with E-state index in [0.29, 0.717) is 12.5 Å². The second-order valence-corrected chi connectivity index (χ2v) is 7.36. The van der Waals surface area contributed by atoms with Crippen LogP contribution < -0.4 is 22.1 Å². The average Bonchev–Trinajstić information content (AvgIpc) is 2.34. The minimum Gasteiger partial charge on any atom is -0.354 e. The first-order valence-corrected chi connectivity index (χ1v) is 7.67. The van der Waals surface area contributed by atoms with Gasteiger partial charge >= 0.3 is 0 Å². The van der Waals surface area contributed by atoms with Gasteiger partial charge in [-0.2, -0.15) is 0 Å². The van der Waals surface area contributed by atoms with Gasteiger partial charge in [-0.1, -0.05) is 6.42 Å². The SMILES string of the molecule is CC(C)(N)C(=O)NCC1CCCC(NC(=O)C(C)(C)N)C1. The molecule has 21 heavy (non-hydrogen) atoms. The maximum Gasteiger partial charge on any atom is 0.239 e. The van der Waals surface area contributed by atoms with Crippen LogP contribution >= 0.6 is 0 Å². The molecular weight excluding hydrogens is 268 g/mol. The highest BCUT2D eigenvalue weighted by atomic mass is 16.2. The summed E-state index contributed by atoms with van der Waals surface area (Å²) in [6.45, 7) is 7.39. The number of nitrogens with one attached hydrogen (secondary N) is 2. The van der Waals surface area contributed by atoms with Crippen LogP contribution in [0.3, 0.4) is 0 Å². The quantitative estimate of drug-likeness (QED) is 0.583. The largest absolute Gasteiger partial charge is 0.354 e. The smallest absolute Gasteiger partial charge is 0.239 e. The van der Waals surface area contributed by atoms with E-state index in [-0.39, 0.29) is 17.9 Å². The van der Waals surface area contributed by atoms with Gasteiger partial charge in [0.15, 0.2) is 0 Å². The number of hydrogen-bond acceptors (Lipinski definition) is 4. The average molecular weight is 298 g/mol. The number of rotatable bonds is 5. The van der Waals surface area contributed by atoms with Crippen molar-refractivity contribution >= 4 is 11.8 Å². The van der Waals surface area contributed by atoms with Gasteiger partial charge in [-0.15, -0.1) is 0 Å². The molecule has 0 heterocycles. The summed E-state index contributed by atoms with van der Waals surface area (Å²) in [5.74, 6) is 0.105. The minimum atomic E-state index is -0.856. The topological polar surface area (TPSA) is 110 Å². The first kappa shape index (κ1) is 17.9. The van der Waals surface area contributed by atoms with E-state index in [1.54, 1.807) is 27.7 Å².